The number of aryl methyl sites for hydroxylation is 2. The third-order valence-electron chi connectivity index (χ3n) is 5.25. The van der Waals surface area contributed by atoms with E-state index < -0.39 is 0 Å². The van der Waals surface area contributed by atoms with Crippen LogP contribution in [-0.4, -0.2) is 30.7 Å². The summed E-state index contributed by atoms with van der Waals surface area (Å²) < 4.78 is 10.9. The predicted octanol–water partition coefficient (Wildman–Crippen LogP) is 4.42. The molecule has 1 aliphatic heterocycles. The van der Waals surface area contributed by atoms with Gasteiger partial charge in [0.25, 0.3) is 0 Å². The molecular formula is C23H26N4O2. The van der Waals surface area contributed by atoms with E-state index in [1.165, 1.54) is 16.7 Å². The SMILES string of the molecule is COc1cc2c(cc1OC)CN(c1nc(C)cc(Nc3ccccc3C)n1)CC2. The number of aromatic nitrogens is 2. The Kier molecular flexibility index (Phi) is 5.25. The zero-order chi connectivity index (χ0) is 20.4. The van der Waals surface area contributed by atoms with Crippen molar-refractivity contribution in [3.05, 3.63) is 64.8 Å². The van der Waals surface area contributed by atoms with Crippen molar-refractivity contribution in [1.82, 2.24) is 9.97 Å². The number of hydrogen-bond donors (Lipinski definition) is 1. The fraction of sp³-hybridized carbons (Fsp3) is 0.304. The molecule has 0 unspecified atom stereocenters. The third-order valence-corrected chi connectivity index (χ3v) is 5.25. The Morgan fingerprint density at radius 1 is 0.931 bits per heavy atom. The van der Waals surface area contributed by atoms with Crippen LogP contribution in [-0.2, 0) is 13.0 Å². The number of rotatable bonds is 5. The van der Waals surface area contributed by atoms with Crippen molar-refractivity contribution in [2.24, 2.45) is 0 Å². The van der Waals surface area contributed by atoms with Gasteiger partial charge in [-0.2, -0.15) is 4.98 Å². The van der Waals surface area contributed by atoms with Crippen LogP contribution in [0, 0.1) is 13.8 Å². The van der Waals surface area contributed by atoms with Crippen LogP contribution in [0.4, 0.5) is 17.5 Å². The molecule has 0 spiro atoms. The Morgan fingerprint density at radius 3 is 2.38 bits per heavy atom. The maximum Gasteiger partial charge on any atom is 0.227 e. The van der Waals surface area contributed by atoms with E-state index in [4.69, 9.17) is 14.5 Å². The largest absolute Gasteiger partial charge is 0.493 e. The lowest BCUT2D eigenvalue weighted by Gasteiger charge is -2.30. The molecule has 29 heavy (non-hydrogen) atoms. The molecule has 0 saturated carbocycles. The van der Waals surface area contributed by atoms with E-state index >= 15 is 0 Å². The summed E-state index contributed by atoms with van der Waals surface area (Å²) >= 11 is 0. The van der Waals surface area contributed by atoms with Gasteiger partial charge in [-0.1, -0.05) is 18.2 Å². The van der Waals surface area contributed by atoms with Crippen molar-refractivity contribution >= 4 is 17.5 Å². The average Bonchev–Trinajstić information content (AvgIpc) is 2.73. The van der Waals surface area contributed by atoms with Gasteiger partial charge in [0.2, 0.25) is 5.95 Å². The van der Waals surface area contributed by atoms with Gasteiger partial charge < -0.3 is 19.7 Å². The minimum Gasteiger partial charge on any atom is -0.493 e. The molecule has 0 radical (unpaired) electrons. The highest BCUT2D eigenvalue weighted by molar-refractivity contribution is 5.61. The van der Waals surface area contributed by atoms with E-state index in [0.717, 1.165) is 54.2 Å². The van der Waals surface area contributed by atoms with Crippen LogP contribution < -0.4 is 19.7 Å². The monoisotopic (exact) mass is 390 g/mol. The minimum absolute atomic E-state index is 0.738. The molecule has 4 rings (SSSR count). The number of para-hydroxylation sites is 1. The number of hydrogen-bond acceptors (Lipinski definition) is 6. The first kappa shape index (κ1) is 19.1. The van der Waals surface area contributed by atoms with Crippen molar-refractivity contribution in [1.29, 1.82) is 0 Å². The van der Waals surface area contributed by atoms with E-state index in [0.29, 0.717) is 0 Å². The Labute approximate surface area is 171 Å². The second-order valence-corrected chi connectivity index (χ2v) is 7.28. The van der Waals surface area contributed by atoms with Crippen LogP contribution >= 0.6 is 0 Å². The Balaban J connectivity index is 1.61. The molecule has 0 fully saturated rings. The molecule has 150 valence electrons. The summed E-state index contributed by atoms with van der Waals surface area (Å²) in [6.45, 7) is 5.68. The molecule has 0 aliphatic carbocycles. The number of anilines is 3. The molecule has 6 nitrogen and oxygen atoms in total. The standard InChI is InChI=1S/C23H26N4O2/c1-15-7-5-6-8-19(15)25-22-11-16(2)24-23(26-22)27-10-9-17-12-20(28-3)21(29-4)13-18(17)14-27/h5-8,11-13H,9-10,14H2,1-4H3,(H,24,25,26). The Bertz CT molecular complexity index is 1040. The molecule has 0 amide bonds. The number of methoxy groups -OCH3 is 2. The second-order valence-electron chi connectivity index (χ2n) is 7.28. The van der Waals surface area contributed by atoms with Gasteiger partial charge in [-0.25, -0.2) is 4.98 Å². The lowest BCUT2D eigenvalue weighted by Crippen LogP contribution is -2.32. The van der Waals surface area contributed by atoms with Crippen molar-refractivity contribution < 1.29 is 9.47 Å². The molecule has 1 N–H and O–H groups in total. The zero-order valence-electron chi connectivity index (χ0n) is 17.3. The van der Waals surface area contributed by atoms with Crippen LogP contribution in [0.3, 0.4) is 0 Å². The zero-order valence-corrected chi connectivity index (χ0v) is 17.3. The number of nitrogens with zero attached hydrogens (tertiary/aromatic N) is 3. The molecule has 0 saturated heterocycles. The fourth-order valence-electron chi connectivity index (χ4n) is 3.66. The Hall–Kier alpha value is -3.28. The van der Waals surface area contributed by atoms with Gasteiger partial charge in [-0.3, -0.25) is 0 Å². The molecule has 0 bridgehead atoms. The van der Waals surface area contributed by atoms with E-state index in [-0.39, 0.29) is 0 Å². The van der Waals surface area contributed by atoms with Gasteiger partial charge >= 0.3 is 0 Å². The molecule has 3 aromatic rings. The van der Waals surface area contributed by atoms with Crippen LogP contribution in [0.15, 0.2) is 42.5 Å². The highest BCUT2D eigenvalue weighted by Gasteiger charge is 2.22. The van der Waals surface area contributed by atoms with E-state index in [1.54, 1.807) is 14.2 Å². The van der Waals surface area contributed by atoms with E-state index in [2.05, 4.69) is 46.4 Å². The quantitative estimate of drug-likeness (QED) is 0.696. The molecule has 1 aromatic heterocycles. The van der Waals surface area contributed by atoms with E-state index in [9.17, 15) is 0 Å². The summed E-state index contributed by atoms with van der Waals surface area (Å²) in [5, 5.41) is 3.43. The summed E-state index contributed by atoms with van der Waals surface area (Å²) in [5.74, 6) is 3.07. The summed E-state index contributed by atoms with van der Waals surface area (Å²) in [7, 11) is 3.33. The molecule has 2 heterocycles. The van der Waals surface area contributed by atoms with Crippen molar-refractivity contribution in [3.63, 3.8) is 0 Å². The lowest BCUT2D eigenvalue weighted by molar-refractivity contribution is 0.353. The smallest absolute Gasteiger partial charge is 0.227 e. The number of ether oxygens (including phenoxy) is 2. The number of fused-ring (bicyclic) bond motifs is 1. The van der Waals surface area contributed by atoms with Gasteiger partial charge in [-0.15, -0.1) is 0 Å². The molecule has 6 heteroatoms. The summed E-state index contributed by atoms with van der Waals surface area (Å²) in [6.07, 6.45) is 0.910. The van der Waals surface area contributed by atoms with Crippen molar-refractivity contribution in [2.45, 2.75) is 26.8 Å². The molecule has 1 aliphatic rings. The highest BCUT2D eigenvalue weighted by Crippen LogP contribution is 2.34. The first-order valence-corrected chi connectivity index (χ1v) is 9.74. The molecular weight excluding hydrogens is 364 g/mol. The van der Waals surface area contributed by atoms with Crippen LogP contribution in [0.5, 0.6) is 11.5 Å². The van der Waals surface area contributed by atoms with Crippen molar-refractivity contribution in [2.75, 3.05) is 31.0 Å². The maximum absolute atomic E-state index is 5.47. The van der Waals surface area contributed by atoms with E-state index in [1.807, 2.05) is 25.1 Å². The number of nitrogens with one attached hydrogen (secondary N) is 1. The molecule has 0 atom stereocenters. The second kappa shape index (κ2) is 7.99. The predicted molar refractivity (Wildman–Crippen MR) is 116 cm³/mol. The summed E-state index contributed by atoms with van der Waals surface area (Å²) in [5.41, 5.74) is 5.66. The van der Waals surface area contributed by atoms with Gasteiger partial charge in [0, 0.05) is 30.5 Å². The van der Waals surface area contributed by atoms with Crippen LogP contribution in [0.2, 0.25) is 0 Å². The molecule has 2 aromatic carbocycles. The van der Waals surface area contributed by atoms with Gasteiger partial charge in [0.05, 0.1) is 14.2 Å². The minimum atomic E-state index is 0.738. The normalized spacial score (nSPS) is 13.0. The number of benzene rings is 2. The first-order chi connectivity index (χ1) is 14.1. The van der Waals surface area contributed by atoms with Gasteiger partial charge in [0.15, 0.2) is 11.5 Å². The van der Waals surface area contributed by atoms with Crippen LogP contribution in [0.25, 0.3) is 0 Å². The highest BCUT2D eigenvalue weighted by atomic mass is 16.5. The lowest BCUT2D eigenvalue weighted by atomic mass is 9.99. The van der Waals surface area contributed by atoms with Gasteiger partial charge in [-0.05, 0) is 55.2 Å². The topological polar surface area (TPSA) is 59.5 Å². The van der Waals surface area contributed by atoms with Gasteiger partial charge in [0.1, 0.15) is 5.82 Å². The van der Waals surface area contributed by atoms with Crippen molar-refractivity contribution in [3.8, 4) is 11.5 Å². The van der Waals surface area contributed by atoms with Crippen LogP contribution in [0.1, 0.15) is 22.4 Å². The Morgan fingerprint density at radius 2 is 1.66 bits per heavy atom. The summed E-state index contributed by atoms with van der Waals surface area (Å²) in [6, 6.07) is 14.3. The summed E-state index contributed by atoms with van der Waals surface area (Å²) in [4.78, 5) is 11.7. The average molecular weight is 390 g/mol. The first-order valence-electron chi connectivity index (χ1n) is 9.74. The maximum atomic E-state index is 5.47. The third kappa shape index (κ3) is 3.97. The fourth-order valence-corrected chi connectivity index (χ4v) is 3.66.